The van der Waals surface area contributed by atoms with E-state index >= 15 is 0 Å². The highest BCUT2D eigenvalue weighted by atomic mass is 35.5. The van der Waals surface area contributed by atoms with Crippen LogP contribution in [-0.4, -0.2) is 41.0 Å². The van der Waals surface area contributed by atoms with Crippen LogP contribution in [0.4, 0.5) is 5.69 Å². The summed E-state index contributed by atoms with van der Waals surface area (Å²) >= 11 is 5.78. The summed E-state index contributed by atoms with van der Waals surface area (Å²) in [6.07, 6.45) is 1.86. The van der Waals surface area contributed by atoms with Gasteiger partial charge in [0, 0.05) is 16.8 Å². The van der Waals surface area contributed by atoms with Crippen LogP contribution in [0.2, 0.25) is 5.02 Å². The summed E-state index contributed by atoms with van der Waals surface area (Å²) in [4.78, 5) is 24.7. The molecular formula is C14H17ClN2O3. The molecule has 1 saturated heterocycles. The third-order valence-electron chi connectivity index (χ3n) is 3.38. The predicted octanol–water partition coefficient (Wildman–Crippen LogP) is 2.22. The number of carboxylic acid groups (broad SMARTS) is 1. The summed E-state index contributed by atoms with van der Waals surface area (Å²) in [6.45, 7) is 0.993. The fourth-order valence-electron chi connectivity index (χ4n) is 2.45. The third kappa shape index (κ3) is 4.21. The lowest BCUT2D eigenvalue weighted by Crippen LogP contribution is -2.37. The molecule has 0 bridgehead atoms. The van der Waals surface area contributed by atoms with Crippen molar-refractivity contribution < 1.29 is 14.7 Å². The molecule has 1 aliphatic heterocycles. The lowest BCUT2D eigenvalue weighted by Gasteiger charge is -2.22. The minimum atomic E-state index is -0.819. The standard InChI is InChI=1S/C14H17ClN2O3/c15-10-3-5-11(6-4-10)16-13(18)9-17-7-1-2-12(17)8-14(19)20/h3-6,12H,1-2,7-9H2,(H,16,18)(H,19,20). The summed E-state index contributed by atoms with van der Waals surface area (Å²) in [5.41, 5.74) is 0.688. The number of rotatable bonds is 5. The number of benzene rings is 1. The van der Waals surface area contributed by atoms with Crippen LogP contribution in [0.15, 0.2) is 24.3 Å². The van der Waals surface area contributed by atoms with E-state index in [1.54, 1.807) is 24.3 Å². The van der Waals surface area contributed by atoms with Crippen molar-refractivity contribution in [1.29, 1.82) is 0 Å². The number of carboxylic acids is 1. The fraction of sp³-hybridized carbons (Fsp3) is 0.429. The Morgan fingerprint density at radius 1 is 1.35 bits per heavy atom. The smallest absolute Gasteiger partial charge is 0.304 e. The highest BCUT2D eigenvalue weighted by molar-refractivity contribution is 6.30. The van der Waals surface area contributed by atoms with Crippen molar-refractivity contribution in [3.05, 3.63) is 29.3 Å². The predicted molar refractivity (Wildman–Crippen MR) is 76.9 cm³/mol. The Labute approximate surface area is 122 Å². The second kappa shape index (κ2) is 6.72. The Morgan fingerprint density at radius 2 is 2.05 bits per heavy atom. The highest BCUT2D eigenvalue weighted by Gasteiger charge is 2.27. The molecule has 0 radical (unpaired) electrons. The SMILES string of the molecule is O=C(O)CC1CCCN1CC(=O)Nc1ccc(Cl)cc1. The van der Waals surface area contributed by atoms with Crippen molar-refractivity contribution in [2.75, 3.05) is 18.4 Å². The second-order valence-electron chi connectivity index (χ2n) is 4.92. The normalized spacial score (nSPS) is 18.9. The molecule has 108 valence electrons. The van der Waals surface area contributed by atoms with Gasteiger partial charge >= 0.3 is 5.97 Å². The van der Waals surface area contributed by atoms with Crippen LogP contribution in [0.1, 0.15) is 19.3 Å². The van der Waals surface area contributed by atoms with Crippen molar-refractivity contribution in [1.82, 2.24) is 4.90 Å². The second-order valence-corrected chi connectivity index (χ2v) is 5.36. The van der Waals surface area contributed by atoms with Crippen LogP contribution in [-0.2, 0) is 9.59 Å². The topological polar surface area (TPSA) is 69.6 Å². The lowest BCUT2D eigenvalue weighted by atomic mass is 10.1. The number of nitrogens with zero attached hydrogens (tertiary/aromatic N) is 1. The molecule has 1 heterocycles. The van der Waals surface area contributed by atoms with Crippen LogP contribution < -0.4 is 5.32 Å². The molecule has 1 unspecified atom stereocenters. The van der Waals surface area contributed by atoms with Gasteiger partial charge in [0.2, 0.25) is 5.91 Å². The van der Waals surface area contributed by atoms with Crippen molar-refractivity contribution >= 4 is 29.2 Å². The molecule has 0 aromatic heterocycles. The monoisotopic (exact) mass is 296 g/mol. The minimum Gasteiger partial charge on any atom is -0.481 e. The van der Waals surface area contributed by atoms with E-state index in [4.69, 9.17) is 16.7 Å². The van der Waals surface area contributed by atoms with E-state index in [2.05, 4.69) is 5.32 Å². The maximum absolute atomic E-state index is 12.0. The quantitative estimate of drug-likeness (QED) is 0.874. The van der Waals surface area contributed by atoms with Gasteiger partial charge in [-0.3, -0.25) is 14.5 Å². The average Bonchev–Trinajstić information content (AvgIpc) is 2.78. The maximum Gasteiger partial charge on any atom is 0.304 e. The molecule has 5 nitrogen and oxygen atoms in total. The molecular weight excluding hydrogens is 280 g/mol. The summed E-state index contributed by atoms with van der Waals surface area (Å²) in [5.74, 6) is -0.954. The first-order valence-electron chi connectivity index (χ1n) is 6.56. The van der Waals surface area contributed by atoms with Crippen LogP contribution in [0.3, 0.4) is 0 Å². The van der Waals surface area contributed by atoms with Crippen LogP contribution >= 0.6 is 11.6 Å². The summed E-state index contributed by atoms with van der Waals surface area (Å²) in [6, 6.07) is 6.85. The number of nitrogens with one attached hydrogen (secondary N) is 1. The maximum atomic E-state index is 12.0. The molecule has 2 N–H and O–H groups in total. The number of carbonyl (C=O) groups is 2. The number of carbonyl (C=O) groups excluding carboxylic acids is 1. The van der Waals surface area contributed by atoms with Gasteiger partial charge in [-0.2, -0.15) is 0 Å². The van der Waals surface area contributed by atoms with E-state index < -0.39 is 5.97 Å². The van der Waals surface area contributed by atoms with Gasteiger partial charge in [-0.25, -0.2) is 0 Å². The molecule has 1 amide bonds. The zero-order chi connectivity index (χ0) is 14.5. The van der Waals surface area contributed by atoms with Gasteiger partial charge in [0.1, 0.15) is 0 Å². The number of aliphatic carboxylic acids is 1. The first-order valence-corrected chi connectivity index (χ1v) is 6.93. The van der Waals surface area contributed by atoms with Gasteiger partial charge in [-0.1, -0.05) is 11.6 Å². The van der Waals surface area contributed by atoms with E-state index in [1.807, 2.05) is 4.90 Å². The van der Waals surface area contributed by atoms with Gasteiger partial charge in [0.15, 0.2) is 0 Å². The Morgan fingerprint density at radius 3 is 2.70 bits per heavy atom. The Bertz CT molecular complexity index is 490. The van der Waals surface area contributed by atoms with Crippen molar-refractivity contribution in [3.63, 3.8) is 0 Å². The Kier molecular flexibility index (Phi) is 4.98. The summed E-state index contributed by atoms with van der Waals surface area (Å²) < 4.78 is 0. The van der Waals surface area contributed by atoms with Gasteiger partial charge in [-0.15, -0.1) is 0 Å². The van der Waals surface area contributed by atoms with Crippen LogP contribution in [0.5, 0.6) is 0 Å². The number of amides is 1. The van der Waals surface area contributed by atoms with E-state index in [1.165, 1.54) is 0 Å². The molecule has 0 spiro atoms. The summed E-state index contributed by atoms with van der Waals surface area (Å²) in [7, 11) is 0. The highest BCUT2D eigenvalue weighted by Crippen LogP contribution is 2.20. The van der Waals surface area contributed by atoms with Crippen molar-refractivity contribution in [2.24, 2.45) is 0 Å². The first-order chi connectivity index (χ1) is 9.54. The van der Waals surface area contributed by atoms with E-state index in [0.717, 1.165) is 19.4 Å². The van der Waals surface area contributed by atoms with Crippen molar-refractivity contribution in [3.8, 4) is 0 Å². The number of anilines is 1. The van der Waals surface area contributed by atoms with Gasteiger partial charge in [-0.05, 0) is 43.7 Å². The Balaban J connectivity index is 1.87. The van der Waals surface area contributed by atoms with E-state index in [-0.39, 0.29) is 24.9 Å². The Hall–Kier alpha value is -1.59. The molecule has 1 aromatic carbocycles. The third-order valence-corrected chi connectivity index (χ3v) is 3.64. The number of hydrogen-bond acceptors (Lipinski definition) is 3. The molecule has 1 aromatic rings. The summed E-state index contributed by atoms with van der Waals surface area (Å²) in [5, 5.41) is 12.2. The van der Waals surface area contributed by atoms with Gasteiger partial charge in [0.25, 0.3) is 0 Å². The molecule has 1 fully saturated rings. The molecule has 2 rings (SSSR count). The van der Waals surface area contributed by atoms with E-state index in [9.17, 15) is 9.59 Å². The number of hydrogen-bond donors (Lipinski definition) is 2. The zero-order valence-electron chi connectivity index (χ0n) is 11.0. The van der Waals surface area contributed by atoms with Gasteiger partial charge < -0.3 is 10.4 Å². The number of halogens is 1. The molecule has 0 aliphatic carbocycles. The molecule has 1 aliphatic rings. The lowest BCUT2D eigenvalue weighted by molar-refractivity contribution is -0.138. The number of likely N-dealkylation sites (tertiary alicyclic amines) is 1. The zero-order valence-corrected chi connectivity index (χ0v) is 11.8. The molecule has 20 heavy (non-hydrogen) atoms. The van der Waals surface area contributed by atoms with Crippen LogP contribution in [0.25, 0.3) is 0 Å². The van der Waals surface area contributed by atoms with E-state index in [0.29, 0.717) is 10.7 Å². The average molecular weight is 297 g/mol. The molecule has 0 saturated carbocycles. The fourth-order valence-corrected chi connectivity index (χ4v) is 2.58. The minimum absolute atomic E-state index is 0.0385. The van der Waals surface area contributed by atoms with Gasteiger partial charge in [0.05, 0.1) is 13.0 Å². The molecule has 1 atom stereocenters. The van der Waals surface area contributed by atoms with Crippen LogP contribution in [0, 0.1) is 0 Å². The largest absolute Gasteiger partial charge is 0.481 e. The van der Waals surface area contributed by atoms with Crippen molar-refractivity contribution in [2.45, 2.75) is 25.3 Å². The molecule has 6 heteroatoms. The first kappa shape index (κ1) is 14.8.